The average molecular weight is 365 g/mol. The van der Waals surface area contributed by atoms with Gasteiger partial charge in [-0.25, -0.2) is 0 Å². The first kappa shape index (κ1) is 17.6. The van der Waals surface area contributed by atoms with Crippen molar-refractivity contribution in [1.29, 1.82) is 0 Å². The first-order chi connectivity index (χ1) is 13.0. The molecule has 4 aliphatic carbocycles. The van der Waals surface area contributed by atoms with Gasteiger partial charge in [-0.1, -0.05) is 18.9 Å². The van der Waals surface area contributed by atoms with E-state index in [1.165, 1.54) is 37.7 Å². The van der Waals surface area contributed by atoms with Gasteiger partial charge >= 0.3 is 0 Å². The van der Waals surface area contributed by atoms with E-state index in [9.17, 15) is 5.11 Å². The second kappa shape index (κ2) is 6.28. The van der Waals surface area contributed by atoms with E-state index >= 15 is 0 Å². The summed E-state index contributed by atoms with van der Waals surface area (Å²) >= 11 is 0. The summed E-state index contributed by atoms with van der Waals surface area (Å²) in [5.41, 5.74) is 2.04. The summed E-state index contributed by atoms with van der Waals surface area (Å²) in [6.45, 7) is 2.26. The van der Waals surface area contributed by atoms with Gasteiger partial charge in [0.1, 0.15) is 11.4 Å². The zero-order valence-electron chi connectivity index (χ0n) is 16.5. The van der Waals surface area contributed by atoms with Crippen molar-refractivity contribution in [2.75, 3.05) is 0 Å². The van der Waals surface area contributed by atoms with Gasteiger partial charge in [-0.3, -0.25) is 0 Å². The maximum Gasteiger partial charge on any atom is 0.130 e. The van der Waals surface area contributed by atoms with Crippen LogP contribution in [0, 0.1) is 29.6 Å². The minimum absolute atomic E-state index is 0.105. The van der Waals surface area contributed by atoms with E-state index in [2.05, 4.69) is 31.0 Å². The Bertz CT molecular complexity index is 771. The highest BCUT2D eigenvalue weighted by molar-refractivity contribution is 5.41. The van der Waals surface area contributed by atoms with Gasteiger partial charge in [-0.05, 0) is 105 Å². The molecule has 0 radical (unpaired) electrons. The third kappa shape index (κ3) is 2.58. The largest absolute Gasteiger partial charge is 0.490 e. The molecular weight excluding hydrogens is 332 g/mol. The number of rotatable bonds is 2. The number of hydrogen-bond acceptors (Lipinski definition) is 2. The predicted molar refractivity (Wildman–Crippen MR) is 108 cm³/mol. The van der Waals surface area contributed by atoms with Gasteiger partial charge in [0.05, 0.1) is 6.10 Å². The fraction of sp³-hybridized carbons (Fsp3) is 0.680. The van der Waals surface area contributed by atoms with Crippen molar-refractivity contribution in [2.24, 2.45) is 17.3 Å². The summed E-state index contributed by atoms with van der Waals surface area (Å²) in [6.07, 6.45) is 17.6. The molecular formula is C25H32O2. The van der Waals surface area contributed by atoms with Crippen molar-refractivity contribution in [3.05, 3.63) is 29.3 Å². The minimum atomic E-state index is -0.901. The fourth-order valence-electron chi connectivity index (χ4n) is 7.08. The monoisotopic (exact) mass is 364 g/mol. The molecule has 0 bridgehead atoms. The molecule has 3 fully saturated rings. The summed E-state index contributed by atoms with van der Waals surface area (Å²) in [6, 6.07) is 6.88. The normalized spacial score (nSPS) is 40.7. The number of terminal acetylenes is 1. The van der Waals surface area contributed by atoms with Gasteiger partial charge < -0.3 is 9.84 Å². The SMILES string of the molecule is C#C[C@]1(O)CC[C@H]2[C@@H]3CCc4cc(OC5CCCC5)ccc4[C@H]3CCC21C. The molecule has 4 aliphatic rings. The molecule has 1 aromatic rings. The quantitative estimate of drug-likeness (QED) is 0.728. The number of benzene rings is 1. The molecule has 27 heavy (non-hydrogen) atoms. The number of hydrogen-bond donors (Lipinski definition) is 1. The van der Waals surface area contributed by atoms with Gasteiger partial charge in [0, 0.05) is 5.41 Å². The lowest BCUT2D eigenvalue weighted by Crippen LogP contribution is -2.50. The zero-order chi connectivity index (χ0) is 18.6. The standard InChI is InChI=1S/C25H32O2/c1-3-25(26)15-13-23-22-10-8-17-16-19(27-18-6-4-5-7-18)9-11-20(17)21(22)12-14-24(23,25)2/h1,9,11,16,18,21-23,26H,4-8,10,12-15H2,2H3/t21-,22-,23+,24?,25+/m1/s1. The molecule has 5 atom stereocenters. The maximum atomic E-state index is 11.1. The third-order valence-corrected chi connectivity index (χ3v) is 8.69. The van der Waals surface area contributed by atoms with E-state index < -0.39 is 5.60 Å². The Balaban J connectivity index is 1.40. The Morgan fingerprint density at radius 2 is 1.93 bits per heavy atom. The van der Waals surface area contributed by atoms with Crippen molar-refractivity contribution in [2.45, 2.75) is 88.8 Å². The van der Waals surface area contributed by atoms with Crippen LogP contribution in [0.3, 0.4) is 0 Å². The van der Waals surface area contributed by atoms with Crippen molar-refractivity contribution in [1.82, 2.24) is 0 Å². The summed E-state index contributed by atoms with van der Waals surface area (Å²) < 4.78 is 6.25. The lowest BCUT2D eigenvalue weighted by atomic mass is 9.53. The first-order valence-corrected chi connectivity index (χ1v) is 11.0. The van der Waals surface area contributed by atoms with Crippen molar-refractivity contribution >= 4 is 0 Å². The van der Waals surface area contributed by atoms with E-state index in [4.69, 9.17) is 11.2 Å². The zero-order valence-corrected chi connectivity index (χ0v) is 16.5. The number of ether oxygens (including phenoxy) is 1. The molecule has 2 nitrogen and oxygen atoms in total. The summed E-state index contributed by atoms with van der Waals surface area (Å²) in [7, 11) is 0. The molecule has 1 N–H and O–H groups in total. The maximum absolute atomic E-state index is 11.1. The van der Waals surface area contributed by atoms with E-state index in [1.54, 1.807) is 5.56 Å². The van der Waals surface area contributed by atoms with Crippen LogP contribution in [0.2, 0.25) is 0 Å². The molecule has 0 saturated heterocycles. The minimum Gasteiger partial charge on any atom is -0.490 e. The van der Waals surface area contributed by atoms with Crippen molar-refractivity contribution < 1.29 is 9.84 Å². The van der Waals surface area contributed by atoms with E-state index in [0.717, 1.165) is 37.9 Å². The average Bonchev–Trinajstić information content (AvgIpc) is 3.28. The molecule has 144 valence electrons. The van der Waals surface area contributed by atoms with Crippen LogP contribution in [0.4, 0.5) is 0 Å². The summed E-state index contributed by atoms with van der Waals surface area (Å²) in [5, 5.41) is 11.1. The summed E-state index contributed by atoms with van der Waals surface area (Å²) in [4.78, 5) is 0. The molecule has 1 unspecified atom stereocenters. The van der Waals surface area contributed by atoms with Crippen LogP contribution in [0.15, 0.2) is 18.2 Å². The van der Waals surface area contributed by atoms with Crippen LogP contribution in [0.25, 0.3) is 0 Å². The number of aryl methyl sites for hydroxylation is 1. The molecule has 2 heteroatoms. The second-order valence-electron chi connectivity index (χ2n) is 9.80. The Labute approximate surface area is 163 Å². The molecule has 0 aliphatic heterocycles. The second-order valence-corrected chi connectivity index (χ2v) is 9.80. The molecule has 0 spiro atoms. The van der Waals surface area contributed by atoms with E-state index in [-0.39, 0.29) is 5.41 Å². The van der Waals surface area contributed by atoms with Crippen LogP contribution < -0.4 is 4.74 Å². The van der Waals surface area contributed by atoms with Crippen molar-refractivity contribution in [3.63, 3.8) is 0 Å². The smallest absolute Gasteiger partial charge is 0.130 e. The van der Waals surface area contributed by atoms with Crippen LogP contribution in [-0.2, 0) is 6.42 Å². The lowest BCUT2D eigenvalue weighted by Gasteiger charge is -2.52. The van der Waals surface area contributed by atoms with Crippen LogP contribution >= 0.6 is 0 Å². The van der Waals surface area contributed by atoms with Crippen LogP contribution in [-0.4, -0.2) is 16.8 Å². The Morgan fingerprint density at radius 3 is 2.70 bits per heavy atom. The van der Waals surface area contributed by atoms with Gasteiger partial charge in [-0.2, -0.15) is 0 Å². The Hall–Kier alpha value is -1.46. The highest BCUT2D eigenvalue weighted by Gasteiger charge is 2.61. The number of fused-ring (bicyclic) bond motifs is 5. The molecule has 1 aromatic carbocycles. The number of aliphatic hydroxyl groups is 1. The summed E-state index contributed by atoms with van der Waals surface area (Å²) in [5.74, 6) is 5.70. The Kier molecular flexibility index (Phi) is 4.10. The topological polar surface area (TPSA) is 29.5 Å². The molecule has 0 aromatic heterocycles. The van der Waals surface area contributed by atoms with Crippen molar-refractivity contribution in [3.8, 4) is 18.1 Å². The van der Waals surface area contributed by atoms with Gasteiger partial charge in [0.15, 0.2) is 0 Å². The highest BCUT2D eigenvalue weighted by atomic mass is 16.5. The van der Waals surface area contributed by atoms with Crippen LogP contribution in [0.1, 0.15) is 81.8 Å². The fourth-order valence-corrected chi connectivity index (χ4v) is 7.08. The van der Waals surface area contributed by atoms with Gasteiger partial charge in [0.25, 0.3) is 0 Å². The predicted octanol–water partition coefficient (Wildman–Crippen LogP) is 5.23. The van der Waals surface area contributed by atoms with E-state index in [0.29, 0.717) is 23.9 Å². The lowest BCUT2D eigenvalue weighted by molar-refractivity contribution is -0.0647. The molecule has 3 saturated carbocycles. The molecule has 5 rings (SSSR count). The first-order valence-electron chi connectivity index (χ1n) is 11.0. The van der Waals surface area contributed by atoms with Crippen LogP contribution in [0.5, 0.6) is 5.75 Å². The third-order valence-electron chi connectivity index (χ3n) is 8.69. The molecule has 0 amide bonds. The van der Waals surface area contributed by atoms with E-state index in [1.807, 2.05) is 0 Å². The van der Waals surface area contributed by atoms with Gasteiger partial charge in [0.2, 0.25) is 0 Å². The molecule has 0 heterocycles. The highest BCUT2D eigenvalue weighted by Crippen LogP contribution is 2.64. The Morgan fingerprint density at radius 1 is 1.11 bits per heavy atom. The van der Waals surface area contributed by atoms with Gasteiger partial charge in [-0.15, -0.1) is 6.42 Å².